The highest BCUT2D eigenvalue weighted by Crippen LogP contribution is 2.29. The second-order valence-electron chi connectivity index (χ2n) is 4.71. The first-order valence-corrected chi connectivity index (χ1v) is 7.18. The number of rotatable bonds is 3. The van der Waals surface area contributed by atoms with E-state index in [1.807, 2.05) is 6.20 Å². The predicted molar refractivity (Wildman–Crippen MR) is 77.7 cm³/mol. The standard InChI is InChI=1S/C14H15IN2/c15-13-6-4-12(5-7-13)14-16-8-9-17(14)10-11-2-1-3-11/h4-9,11H,1-3,10H2. The number of aromatic nitrogens is 2. The lowest BCUT2D eigenvalue weighted by atomic mass is 9.85. The molecule has 3 heteroatoms. The molecule has 0 N–H and O–H groups in total. The Balaban J connectivity index is 1.86. The molecule has 1 aliphatic carbocycles. The van der Waals surface area contributed by atoms with Gasteiger partial charge in [-0.25, -0.2) is 4.98 Å². The number of nitrogens with zero attached hydrogens (tertiary/aromatic N) is 2. The Morgan fingerprint density at radius 1 is 1.24 bits per heavy atom. The minimum Gasteiger partial charge on any atom is -0.331 e. The van der Waals surface area contributed by atoms with Gasteiger partial charge in [-0.3, -0.25) is 0 Å². The summed E-state index contributed by atoms with van der Waals surface area (Å²) in [4.78, 5) is 4.49. The normalized spacial score (nSPS) is 15.8. The van der Waals surface area contributed by atoms with Crippen molar-refractivity contribution >= 4 is 22.6 Å². The Morgan fingerprint density at radius 2 is 2.00 bits per heavy atom. The highest BCUT2D eigenvalue weighted by molar-refractivity contribution is 14.1. The summed E-state index contributed by atoms with van der Waals surface area (Å²) in [6.45, 7) is 1.13. The third-order valence-corrected chi connectivity index (χ3v) is 4.22. The van der Waals surface area contributed by atoms with Gasteiger partial charge < -0.3 is 4.57 Å². The first kappa shape index (κ1) is 11.3. The van der Waals surface area contributed by atoms with Gasteiger partial charge in [-0.15, -0.1) is 0 Å². The van der Waals surface area contributed by atoms with E-state index in [2.05, 4.69) is 62.6 Å². The molecule has 1 aromatic heterocycles. The minimum absolute atomic E-state index is 0.867. The van der Waals surface area contributed by atoms with Crippen LogP contribution in [0, 0.1) is 9.49 Å². The van der Waals surface area contributed by atoms with E-state index < -0.39 is 0 Å². The van der Waals surface area contributed by atoms with Crippen molar-refractivity contribution in [2.24, 2.45) is 5.92 Å². The Kier molecular flexibility index (Phi) is 3.18. The highest BCUT2D eigenvalue weighted by atomic mass is 127. The van der Waals surface area contributed by atoms with E-state index in [0.717, 1.165) is 18.3 Å². The van der Waals surface area contributed by atoms with Crippen LogP contribution in [0.1, 0.15) is 19.3 Å². The summed E-state index contributed by atoms with van der Waals surface area (Å²) in [6, 6.07) is 8.58. The van der Waals surface area contributed by atoms with E-state index >= 15 is 0 Å². The van der Waals surface area contributed by atoms with Crippen LogP contribution in [0.4, 0.5) is 0 Å². The first-order valence-electron chi connectivity index (χ1n) is 6.10. The summed E-state index contributed by atoms with van der Waals surface area (Å²) in [7, 11) is 0. The molecule has 1 aromatic carbocycles. The predicted octanol–water partition coefficient (Wildman–Crippen LogP) is 3.95. The van der Waals surface area contributed by atoms with Crippen LogP contribution in [-0.4, -0.2) is 9.55 Å². The third-order valence-electron chi connectivity index (χ3n) is 3.50. The maximum atomic E-state index is 4.49. The van der Waals surface area contributed by atoms with Gasteiger partial charge in [-0.1, -0.05) is 18.6 Å². The third kappa shape index (κ3) is 2.39. The molecule has 0 unspecified atom stereocenters. The van der Waals surface area contributed by atoms with Crippen molar-refractivity contribution in [2.75, 3.05) is 0 Å². The molecule has 1 fully saturated rings. The number of halogens is 1. The van der Waals surface area contributed by atoms with Crippen molar-refractivity contribution in [3.63, 3.8) is 0 Å². The molecule has 1 saturated carbocycles. The average Bonchev–Trinajstić information content (AvgIpc) is 2.73. The molecule has 0 radical (unpaired) electrons. The molecule has 17 heavy (non-hydrogen) atoms. The molecule has 0 saturated heterocycles. The van der Waals surface area contributed by atoms with Gasteiger partial charge >= 0.3 is 0 Å². The summed E-state index contributed by atoms with van der Waals surface area (Å²) < 4.78 is 3.56. The summed E-state index contributed by atoms with van der Waals surface area (Å²) in [5.41, 5.74) is 1.22. The van der Waals surface area contributed by atoms with Gasteiger partial charge in [0.25, 0.3) is 0 Å². The lowest BCUT2D eigenvalue weighted by Gasteiger charge is -2.26. The minimum atomic E-state index is 0.867. The van der Waals surface area contributed by atoms with Crippen molar-refractivity contribution in [1.29, 1.82) is 0 Å². The first-order chi connectivity index (χ1) is 8.33. The number of imidazole rings is 1. The van der Waals surface area contributed by atoms with Crippen molar-refractivity contribution in [3.05, 3.63) is 40.2 Å². The molecule has 3 rings (SSSR count). The number of hydrogen-bond acceptors (Lipinski definition) is 1. The molecule has 0 aliphatic heterocycles. The molecule has 1 heterocycles. The van der Waals surface area contributed by atoms with Crippen LogP contribution in [0.2, 0.25) is 0 Å². The molecule has 1 aliphatic rings. The van der Waals surface area contributed by atoms with Gasteiger partial charge in [0.15, 0.2) is 0 Å². The molecule has 0 spiro atoms. The van der Waals surface area contributed by atoms with E-state index in [1.165, 1.54) is 28.4 Å². The lowest BCUT2D eigenvalue weighted by molar-refractivity contribution is 0.277. The fraction of sp³-hybridized carbons (Fsp3) is 0.357. The van der Waals surface area contributed by atoms with Gasteiger partial charge in [0, 0.05) is 28.1 Å². The largest absolute Gasteiger partial charge is 0.331 e. The van der Waals surface area contributed by atoms with Crippen molar-refractivity contribution < 1.29 is 0 Å². The van der Waals surface area contributed by atoms with E-state index in [1.54, 1.807) is 0 Å². The monoisotopic (exact) mass is 338 g/mol. The van der Waals surface area contributed by atoms with Crippen LogP contribution in [0.3, 0.4) is 0 Å². The van der Waals surface area contributed by atoms with E-state index in [9.17, 15) is 0 Å². The number of hydrogen-bond donors (Lipinski definition) is 0. The fourth-order valence-corrected chi connectivity index (χ4v) is 2.63. The molecule has 2 aromatic rings. The van der Waals surface area contributed by atoms with E-state index in [-0.39, 0.29) is 0 Å². The molecule has 0 bridgehead atoms. The fourth-order valence-electron chi connectivity index (χ4n) is 2.27. The molecule has 2 nitrogen and oxygen atoms in total. The zero-order valence-corrected chi connectivity index (χ0v) is 11.8. The smallest absolute Gasteiger partial charge is 0.139 e. The summed E-state index contributed by atoms with van der Waals surface area (Å²) in [5, 5.41) is 0. The summed E-state index contributed by atoms with van der Waals surface area (Å²) in [6.07, 6.45) is 8.17. The van der Waals surface area contributed by atoms with Crippen LogP contribution in [0.5, 0.6) is 0 Å². The molecule has 88 valence electrons. The Morgan fingerprint density at radius 3 is 2.65 bits per heavy atom. The quantitative estimate of drug-likeness (QED) is 0.775. The van der Waals surface area contributed by atoms with Crippen molar-refractivity contribution in [2.45, 2.75) is 25.8 Å². The van der Waals surface area contributed by atoms with Gasteiger partial charge in [0.05, 0.1) is 0 Å². The van der Waals surface area contributed by atoms with Crippen molar-refractivity contribution in [3.8, 4) is 11.4 Å². The zero-order chi connectivity index (χ0) is 11.7. The van der Waals surface area contributed by atoms with Gasteiger partial charge in [-0.2, -0.15) is 0 Å². The summed E-state index contributed by atoms with van der Waals surface area (Å²) in [5.74, 6) is 1.97. The maximum Gasteiger partial charge on any atom is 0.139 e. The van der Waals surface area contributed by atoms with Crippen molar-refractivity contribution in [1.82, 2.24) is 9.55 Å². The zero-order valence-electron chi connectivity index (χ0n) is 9.64. The number of benzene rings is 1. The topological polar surface area (TPSA) is 17.8 Å². The van der Waals surface area contributed by atoms with Crippen LogP contribution < -0.4 is 0 Å². The van der Waals surface area contributed by atoms with E-state index in [4.69, 9.17) is 0 Å². The van der Waals surface area contributed by atoms with Crippen LogP contribution in [0.15, 0.2) is 36.7 Å². The van der Waals surface area contributed by atoms with Crippen LogP contribution in [0.25, 0.3) is 11.4 Å². The molecule has 0 amide bonds. The maximum absolute atomic E-state index is 4.49. The molecular weight excluding hydrogens is 323 g/mol. The highest BCUT2D eigenvalue weighted by Gasteiger charge is 2.19. The summed E-state index contributed by atoms with van der Waals surface area (Å²) >= 11 is 2.33. The van der Waals surface area contributed by atoms with Crippen LogP contribution in [-0.2, 0) is 6.54 Å². The second-order valence-corrected chi connectivity index (χ2v) is 5.95. The second kappa shape index (κ2) is 4.80. The van der Waals surface area contributed by atoms with E-state index in [0.29, 0.717) is 0 Å². The van der Waals surface area contributed by atoms with Gasteiger partial charge in [0.1, 0.15) is 5.82 Å². The van der Waals surface area contributed by atoms with Crippen LogP contribution >= 0.6 is 22.6 Å². The Hall–Kier alpha value is -0.840. The lowest BCUT2D eigenvalue weighted by Crippen LogP contribution is -2.18. The van der Waals surface area contributed by atoms with Gasteiger partial charge in [0.2, 0.25) is 0 Å². The average molecular weight is 338 g/mol. The SMILES string of the molecule is Ic1ccc(-c2nccn2CC2CCC2)cc1. The van der Waals surface area contributed by atoms with Gasteiger partial charge in [-0.05, 0) is 53.5 Å². The Bertz CT molecular complexity index is 497. The molecule has 0 atom stereocenters. The Labute approximate surface area is 115 Å². The molecular formula is C14H15IN2.